The molecule has 6 atom stereocenters. The summed E-state index contributed by atoms with van der Waals surface area (Å²) >= 11 is 0. The van der Waals surface area contributed by atoms with Crippen LogP contribution in [0.4, 0.5) is 0 Å². The highest BCUT2D eigenvalue weighted by atomic mass is 16.7. The van der Waals surface area contributed by atoms with Crippen molar-refractivity contribution >= 4 is 5.97 Å². The molecule has 0 radical (unpaired) electrons. The molecule has 2 aromatic rings. The van der Waals surface area contributed by atoms with Crippen molar-refractivity contribution in [1.82, 2.24) is 0 Å². The van der Waals surface area contributed by atoms with E-state index in [1.807, 2.05) is 6.07 Å². The van der Waals surface area contributed by atoms with Gasteiger partial charge >= 0.3 is 5.97 Å². The quantitative estimate of drug-likeness (QED) is 0.168. The number of hydrogen-bond acceptors (Lipinski definition) is 12. The fourth-order valence-corrected chi connectivity index (χ4v) is 3.95. The van der Waals surface area contributed by atoms with Crippen LogP contribution in [0.2, 0.25) is 0 Å². The summed E-state index contributed by atoms with van der Waals surface area (Å²) in [5, 5.41) is 59.1. The second kappa shape index (κ2) is 15.0. The monoisotopic (exact) mass is 552 g/mol. The average Bonchev–Trinajstić information content (AvgIpc) is 2.94. The molecule has 12 nitrogen and oxygen atoms in total. The number of aliphatic hydroxyl groups excluding tert-OH is 5. The van der Waals surface area contributed by atoms with E-state index in [-0.39, 0.29) is 25.4 Å². The van der Waals surface area contributed by atoms with E-state index >= 15 is 0 Å². The van der Waals surface area contributed by atoms with E-state index in [4.69, 9.17) is 28.8 Å². The Morgan fingerprint density at radius 1 is 0.974 bits per heavy atom. The molecule has 1 heterocycles. The van der Waals surface area contributed by atoms with Gasteiger partial charge in [-0.05, 0) is 48.2 Å². The summed E-state index contributed by atoms with van der Waals surface area (Å²) in [5.74, 6) is 0.196. The highest BCUT2D eigenvalue weighted by molar-refractivity contribution is 5.72. The van der Waals surface area contributed by atoms with Crippen LogP contribution in [-0.4, -0.2) is 107 Å². The minimum Gasteiger partial charge on any atom is -0.508 e. The Kier molecular flexibility index (Phi) is 11.7. The Balaban J connectivity index is 1.55. The van der Waals surface area contributed by atoms with E-state index in [1.165, 1.54) is 19.2 Å². The largest absolute Gasteiger partial charge is 0.508 e. The second-order valence-electron chi connectivity index (χ2n) is 9.11. The maximum absolute atomic E-state index is 12.2. The van der Waals surface area contributed by atoms with Crippen molar-refractivity contribution < 1.29 is 59.1 Å². The van der Waals surface area contributed by atoms with Gasteiger partial charge in [-0.1, -0.05) is 18.2 Å². The number of methoxy groups -OCH3 is 1. The van der Waals surface area contributed by atoms with Crippen molar-refractivity contribution in [3.8, 4) is 17.2 Å². The van der Waals surface area contributed by atoms with Gasteiger partial charge in [0.1, 0.15) is 42.9 Å². The van der Waals surface area contributed by atoms with Gasteiger partial charge in [0.05, 0.1) is 26.7 Å². The third-order valence-electron chi connectivity index (χ3n) is 6.16. The minimum absolute atomic E-state index is 0.0598. The van der Waals surface area contributed by atoms with Crippen LogP contribution in [0, 0.1) is 0 Å². The molecule has 12 heteroatoms. The number of phenolic OH excluding ortho intramolecular Hbond substituents is 1. The molecular weight excluding hydrogens is 516 g/mol. The normalized spacial score (nSPS) is 23.7. The summed E-state index contributed by atoms with van der Waals surface area (Å²) in [5.41, 5.74) is 1.54. The molecule has 1 aliphatic rings. The van der Waals surface area contributed by atoms with Crippen LogP contribution in [0.25, 0.3) is 0 Å². The van der Waals surface area contributed by atoms with Crippen LogP contribution in [0.3, 0.4) is 0 Å². The summed E-state index contributed by atoms with van der Waals surface area (Å²) in [6.45, 7) is -1.07. The topological polar surface area (TPSA) is 185 Å². The van der Waals surface area contributed by atoms with Crippen LogP contribution in [0.1, 0.15) is 17.5 Å². The van der Waals surface area contributed by atoms with Crippen LogP contribution in [0.15, 0.2) is 42.5 Å². The molecule has 3 rings (SSSR count). The number of carbonyl (C=O) groups is 1. The van der Waals surface area contributed by atoms with Gasteiger partial charge in [0, 0.05) is 6.61 Å². The van der Waals surface area contributed by atoms with E-state index in [0.29, 0.717) is 29.9 Å². The van der Waals surface area contributed by atoms with Gasteiger partial charge in [-0.3, -0.25) is 4.79 Å². The number of aryl methyl sites for hydroxylation is 1. The molecule has 2 aromatic carbocycles. The van der Waals surface area contributed by atoms with E-state index in [9.17, 15) is 30.3 Å². The van der Waals surface area contributed by atoms with Gasteiger partial charge in [0.2, 0.25) is 0 Å². The zero-order valence-corrected chi connectivity index (χ0v) is 21.6. The number of ether oxygens (including phenoxy) is 5. The molecule has 6 N–H and O–H groups in total. The molecule has 0 saturated carbocycles. The Hall–Kier alpha value is -2.97. The fraction of sp³-hybridized carbons (Fsp3) is 0.519. The summed E-state index contributed by atoms with van der Waals surface area (Å²) in [6, 6.07) is 11.2. The Bertz CT molecular complexity index is 1030. The van der Waals surface area contributed by atoms with E-state index in [0.717, 1.165) is 5.56 Å². The highest BCUT2D eigenvalue weighted by Gasteiger charge is 2.45. The Labute approximate surface area is 225 Å². The van der Waals surface area contributed by atoms with Crippen LogP contribution in [0.5, 0.6) is 17.2 Å². The van der Waals surface area contributed by atoms with Crippen molar-refractivity contribution in [3.05, 3.63) is 53.6 Å². The molecule has 216 valence electrons. The predicted octanol–water partition coefficient (Wildman–Crippen LogP) is -0.325. The SMILES string of the molecule is COc1cc(CCCO)ccc1O[C@H](CO)CO[C@@H]1O[C@H](COC(=O)Cc2ccc(O)cc2)[C@@H](O)[C@H](O)[C@H]1O. The van der Waals surface area contributed by atoms with E-state index in [1.54, 1.807) is 24.3 Å². The molecule has 1 fully saturated rings. The standard InChI is InChI=1S/C27H36O12/c1-35-21-11-16(3-2-10-28)6-9-20(21)38-19(13-29)14-37-27-26(34)25(33)24(32)22(39-27)15-36-23(31)12-17-4-7-18(30)8-5-17/h4-9,11,19,22,24-30,32-34H,2-3,10,12-15H2,1H3/t19-,22-,24-,25+,26-,27-/m1/s1. The Morgan fingerprint density at radius 2 is 1.69 bits per heavy atom. The number of aliphatic hydroxyl groups is 5. The lowest BCUT2D eigenvalue weighted by Gasteiger charge is -2.40. The van der Waals surface area contributed by atoms with Crippen LogP contribution >= 0.6 is 0 Å². The first kappa shape index (κ1) is 30.6. The van der Waals surface area contributed by atoms with Crippen molar-refractivity contribution in [2.45, 2.75) is 56.1 Å². The molecule has 0 spiro atoms. The van der Waals surface area contributed by atoms with Gasteiger partial charge < -0.3 is 54.3 Å². The first-order valence-corrected chi connectivity index (χ1v) is 12.6. The lowest BCUT2D eigenvalue weighted by Crippen LogP contribution is -2.59. The number of rotatable bonds is 14. The lowest BCUT2D eigenvalue weighted by atomic mass is 9.99. The smallest absolute Gasteiger partial charge is 0.310 e. The van der Waals surface area contributed by atoms with E-state index in [2.05, 4.69) is 0 Å². The third-order valence-corrected chi connectivity index (χ3v) is 6.16. The zero-order chi connectivity index (χ0) is 28.4. The molecule has 1 aliphatic heterocycles. The molecule has 0 amide bonds. The number of phenols is 1. The molecule has 0 bridgehead atoms. The lowest BCUT2D eigenvalue weighted by molar-refractivity contribution is -0.305. The number of carbonyl (C=O) groups excluding carboxylic acids is 1. The minimum atomic E-state index is -1.65. The average molecular weight is 553 g/mol. The van der Waals surface area contributed by atoms with Gasteiger partial charge in [0.15, 0.2) is 17.8 Å². The number of esters is 1. The molecule has 0 unspecified atom stereocenters. The van der Waals surface area contributed by atoms with Gasteiger partial charge in [-0.15, -0.1) is 0 Å². The fourth-order valence-electron chi connectivity index (χ4n) is 3.95. The number of benzene rings is 2. The molecule has 1 saturated heterocycles. The number of aromatic hydroxyl groups is 1. The first-order chi connectivity index (χ1) is 18.7. The van der Waals surface area contributed by atoms with Crippen molar-refractivity contribution in [3.63, 3.8) is 0 Å². The van der Waals surface area contributed by atoms with Crippen molar-refractivity contribution in [2.75, 3.05) is 33.5 Å². The maximum atomic E-state index is 12.2. The van der Waals surface area contributed by atoms with E-state index < -0.39 is 56.0 Å². The summed E-state index contributed by atoms with van der Waals surface area (Å²) < 4.78 is 27.5. The summed E-state index contributed by atoms with van der Waals surface area (Å²) in [4.78, 5) is 12.2. The van der Waals surface area contributed by atoms with Gasteiger partial charge in [-0.2, -0.15) is 0 Å². The third kappa shape index (κ3) is 8.77. The van der Waals surface area contributed by atoms with Gasteiger partial charge in [0.25, 0.3) is 0 Å². The second-order valence-corrected chi connectivity index (χ2v) is 9.11. The first-order valence-electron chi connectivity index (χ1n) is 12.6. The predicted molar refractivity (Wildman–Crippen MR) is 135 cm³/mol. The molecule has 0 aliphatic carbocycles. The van der Waals surface area contributed by atoms with Crippen molar-refractivity contribution in [2.24, 2.45) is 0 Å². The van der Waals surface area contributed by atoms with Crippen molar-refractivity contribution in [1.29, 1.82) is 0 Å². The van der Waals surface area contributed by atoms with Crippen LogP contribution in [-0.2, 0) is 31.8 Å². The molecule has 0 aromatic heterocycles. The summed E-state index contributed by atoms with van der Waals surface area (Å²) in [6.07, 6.45) is -7.18. The van der Waals surface area contributed by atoms with Crippen LogP contribution < -0.4 is 9.47 Å². The zero-order valence-electron chi connectivity index (χ0n) is 21.6. The maximum Gasteiger partial charge on any atom is 0.310 e. The molecular formula is C27H36O12. The highest BCUT2D eigenvalue weighted by Crippen LogP contribution is 2.30. The number of hydrogen-bond donors (Lipinski definition) is 6. The van der Waals surface area contributed by atoms with Gasteiger partial charge in [-0.25, -0.2) is 0 Å². The molecule has 39 heavy (non-hydrogen) atoms. The Morgan fingerprint density at radius 3 is 2.36 bits per heavy atom. The summed E-state index contributed by atoms with van der Waals surface area (Å²) in [7, 11) is 1.47.